The Bertz CT molecular complexity index is 550. The average molecular weight is 263 g/mol. The van der Waals surface area contributed by atoms with Crippen LogP contribution in [-0.4, -0.2) is 30.2 Å². The molecule has 0 aliphatic carbocycles. The van der Waals surface area contributed by atoms with Gasteiger partial charge in [-0.05, 0) is 24.6 Å². The van der Waals surface area contributed by atoms with Crippen LogP contribution in [0.25, 0.3) is 0 Å². The van der Waals surface area contributed by atoms with Gasteiger partial charge in [-0.2, -0.15) is 0 Å². The molecule has 100 valence electrons. The predicted octanol–water partition coefficient (Wildman–Crippen LogP) is 1.52. The Hall–Kier alpha value is -2.50. The third-order valence-electron chi connectivity index (χ3n) is 2.60. The molecule has 0 bridgehead atoms. The number of benzene rings is 1. The molecular formula is C13H13NO5. The zero-order valence-electron chi connectivity index (χ0n) is 10.3. The molecule has 6 heteroatoms. The van der Waals surface area contributed by atoms with Crippen molar-refractivity contribution in [1.29, 1.82) is 0 Å². The lowest BCUT2D eigenvalue weighted by Gasteiger charge is -2.15. The molecule has 0 saturated heterocycles. The first-order valence-corrected chi connectivity index (χ1v) is 5.68. The van der Waals surface area contributed by atoms with Gasteiger partial charge in [0, 0.05) is 5.69 Å². The molecule has 0 aromatic heterocycles. The van der Waals surface area contributed by atoms with E-state index in [4.69, 9.17) is 14.6 Å². The van der Waals surface area contributed by atoms with Crippen molar-refractivity contribution in [2.24, 2.45) is 0 Å². The van der Waals surface area contributed by atoms with Gasteiger partial charge in [0.25, 0.3) is 5.91 Å². The predicted molar refractivity (Wildman–Crippen MR) is 66.8 cm³/mol. The standard InChI is InChI=1S/C13H13NO5/c1-8-2-3-9(6-10(8)13(16)17)14-12(15)11-7-18-4-5-19-11/h2-3,6-7H,4-5H2,1H3,(H,14,15)(H,16,17). The van der Waals surface area contributed by atoms with Crippen LogP contribution < -0.4 is 5.32 Å². The van der Waals surface area contributed by atoms with Crippen LogP contribution in [0.4, 0.5) is 5.69 Å². The van der Waals surface area contributed by atoms with Gasteiger partial charge in [0.2, 0.25) is 5.76 Å². The van der Waals surface area contributed by atoms with Crippen molar-refractivity contribution in [3.05, 3.63) is 41.3 Å². The Balaban J connectivity index is 2.15. The molecule has 0 atom stereocenters. The number of hydrogen-bond donors (Lipinski definition) is 2. The lowest BCUT2D eigenvalue weighted by molar-refractivity contribution is -0.117. The first-order chi connectivity index (χ1) is 9.08. The number of hydrogen-bond acceptors (Lipinski definition) is 4. The van der Waals surface area contributed by atoms with Gasteiger partial charge >= 0.3 is 5.97 Å². The number of aromatic carboxylic acids is 1. The maximum Gasteiger partial charge on any atom is 0.336 e. The summed E-state index contributed by atoms with van der Waals surface area (Å²) in [4.78, 5) is 22.8. The van der Waals surface area contributed by atoms with Crippen molar-refractivity contribution in [3.63, 3.8) is 0 Å². The monoisotopic (exact) mass is 263 g/mol. The normalized spacial score (nSPS) is 13.8. The fraction of sp³-hybridized carbons (Fsp3) is 0.231. The third-order valence-corrected chi connectivity index (χ3v) is 2.60. The molecule has 6 nitrogen and oxygen atoms in total. The summed E-state index contributed by atoms with van der Waals surface area (Å²) in [5, 5.41) is 11.6. The summed E-state index contributed by atoms with van der Waals surface area (Å²) in [6.07, 6.45) is 1.24. The van der Waals surface area contributed by atoms with E-state index in [-0.39, 0.29) is 11.3 Å². The lowest BCUT2D eigenvalue weighted by atomic mass is 10.1. The van der Waals surface area contributed by atoms with E-state index in [1.165, 1.54) is 12.3 Å². The topological polar surface area (TPSA) is 84.9 Å². The van der Waals surface area contributed by atoms with Crippen molar-refractivity contribution in [1.82, 2.24) is 0 Å². The number of carboxylic acids is 1. The number of anilines is 1. The van der Waals surface area contributed by atoms with Crippen LogP contribution in [0.3, 0.4) is 0 Å². The Kier molecular flexibility index (Phi) is 3.70. The summed E-state index contributed by atoms with van der Waals surface area (Å²) in [7, 11) is 0. The zero-order valence-corrected chi connectivity index (χ0v) is 10.3. The molecule has 2 rings (SSSR count). The van der Waals surface area contributed by atoms with E-state index >= 15 is 0 Å². The second-order valence-electron chi connectivity index (χ2n) is 3.99. The lowest BCUT2D eigenvalue weighted by Crippen LogP contribution is -2.21. The Morgan fingerprint density at radius 2 is 2.11 bits per heavy atom. The first-order valence-electron chi connectivity index (χ1n) is 5.68. The molecule has 2 N–H and O–H groups in total. The van der Waals surface area contributed by atoms with Crippen molar-refractivity contribution in [2.75, 3.05) is 18.5 Å². The molecule has 1 aromatic carbocycles. The number of rotatable bonds is 3. The number of carboxylic acid groups (broad SMARTS) is 1. The minimum Gasteiger partial charge on any atom is -0.494 e. The maximum absolute atomic E-state index is 11.8. The summed E-state index contributed by atoms with van der Waals surface area (Å²) in [5.41, 5.74) is 1.16. The molecule has 1 heterocycles. The van der Waals surface area contributed by atoms with E-state index in [2.05, 4.69) is 5.32 Å². The van der Waals surface area contributed by atoms with Gasteiger partial charge in [-0.25, -0.2) is 4.79 Å². The van der Waals surface area contributed by atoms with E-state index in [1.54, 1.807) is 19.1 Å². The Labute approximate surface area is 109 Å². The molecule has 1 aliphatic heterocycles. The third kappa shape index (κ3) is 3.04. The highest BCUT2D eigenvalue weighted by Crippen LogP contribution is 2.16. The first kappa shape index (κ1) is 12.9. The van der Waals surface area contributed by atoms with Crippen LogP contribution in [-0.2, 0) is 14.3 Å². The van der Waals surface area contributed by atoms with E-state index in [0.717, 1.165) is 0 Å². The SMILES string of the molecule is Cc1ccc(NC(=O)C2=COCCO2)cc1C(=O)O. The fourth-order valence-corrected chi connectivity index (χ4v) is 1.61. The zero-order chi connectivity index (χ0) is 13.8. The van der Waals surface area contributed by atoms with Gasteiger partial charge < -0.3 is 19.9 Å². The molecule has 0 spiro atoms. The number of amides is 1. The molecular weight excluding hydrogens is 250 g/mol. The van der Waals surface area contributed by atoms with Gasteiger partial charge in [0.15, 0.2) is 0 Å². The summed E-state index contributed by atoms with van der Waals surface area (Å²) in [6, 6.07) is 4.66. The Morgan fingerprint density at radius 3 is 2.74 bits per heavy atom. The molecule has 0 saturated carbocycles. The second-order valence-corrected chi connectivity index (χ2v) is 3.99. The fourth-order valence-electron chi connectivity index (χ4n) is 1.61. The molecule has 1 aliphatic rings. The van der Waals surface area contributed by atoms with Gasteiger partial charge in [0.05, 0.1) is 5.56 Å². The van der Waals surface area contributed by atoms with E-state index in [9.17, 15) is 9.59 Å². The number of carbonyl (C=O) groups excluding carboxylic acids is 1. The van der Waals surface area contributed by atoms with Crippen LogP contribution in [0, 0.1) is 6.92 Å². The molecule has 0 radical (unpaired) electrons. The molecule has 19 heavy (non-hydrogen) atoms. The summed E-state index contributed by atoms with van der Waals surface area (Å²) in [6.45, 7) is 2.41. The molecule has 1 amide bonds. The van der Waals surface area contributed by atoms with Crippen LogP contribution in [0.5, 0.6) is 0 Å². The average Bonchev–Trinajstić information content (AvgIpc) is 2.41. The maximum atomic E-state index is 11.8. The van der Waals surface area contributed by atoms with E-state index in [0.29, 0.717) is 24.5 Å². The Morgan fingerprint density at radius 1 is 1.32 bits per heavy atom. The van der Waals surface area contributed by atoms with Gasteiger partial charge in [0.1, 0.15) is 19.5 Å². The molecule has 0 unspecified atom stereocenters. The van der Waals surface area contributed by atoms with Crippen molar-refractivity contribution in [2.45, 2.75) is 6.92 Å². The number of nitrogens with one attached hydrogen (secondary N) is 1. The van der Waals surface area contributed by atoms with Crippen molar-refractivity contribution < 1.29 is 24.2 Å². The largest absolute Gasteiger partial charge is 0.494 e. The highest BCUT2D eigenvalue weighted by molar-refractivity contribution is 6.03. The second kappa shape index (κ2) is 5.43. The van der Waals surface area contributed by atoms with Gasteiger partial charge in [-0.15, -0.1) is 0 Å². The summed E-state index contributed by atoms with van der Waals surface area (Å²) < 4.78 is 10.1. The van der Waals surface area contributed by atoms with Gasteiger partial charge in [-0.1, -0.05) is 6.07 Å². The minimum atomic E-state index is -1.04. The molecule has 0 fully saturated rings. The van der Waals surface area contributed by atoms with Gasteiger partial charge in [-0.3, -0.25) is 4.79 Å². The van der Waals surface area contributed by atoms with E-state index in [1.807, 2.05) is 0 Å². The number of ether oxygens (including phenoxy) is 2. The van der Waals surface area contributed by atoms with Crippen molar-refractivity contribution in [3.8, 4) is 0 Å². The number of carbonyl (C=O) groups is 2. The van der Waals surface area contributed by atoms with Crippen LogP contribution in [0.1, 0.15) is 15.9 Å². The van der Waals surface area contributed by atoms with Crippen molar-refractivity contribution >= 4 is 17.6 Å². The van der Waals surface area contributed by atoms with Crippen LogP contribution >= 0.6 is 0 Å². The minimum absolute atomic E-state index is 0.0729. The van der Waals surface area contributed by atoms with Crippen LogP contribution in [0.2, 0.25) is 0 Å². The smallest absolute Gasteiger partial charge is 0.336 e. The quantitative estimate of drug-likeness (QED) is 0.863. The summed E-state index contributed by atoms with van der Waals surface area (Å²) >= 11 is 0. The van der Waals surface area contributed by atoms with Crippen LogP contribution in [0.15, 0.2) is 30.2 Å². The summed E-state index contributed by atoms with van der Waals surface area (Å²) in [5.74, 6) is -1.44. The van der Waals surface area contributed by atoms with E-state index < -0.39 is 11.9 Å². The molecule has 1 aromatic rings. The number of aryl methyl sites for hydroxylation is 1. The highest BCUT2D eigenvalue weighted by Gasteiger charge is 2.16. The highest BCUT2D eigenvalue weighted by atomic mass is 16.6.